The third kappa shape index (κ3) is 3.47. The number of hydrogen-bond donors (Lipinski definition) is 0. The number of ether oxygens (including phenoxy) is 1. The van der Waals surface area contributed by atoms with Crippen LogP contribution in [0.5, 0.6) is 0 Å². The normalized spacial score (nSPS) is 22.9. The van der Waals surface area contributed by atoms with Crippen molar-refractivity contribution in [2.75, 3.05) is 12.4 Å². The Bertz CT molecular complexity index is 445. The predicted octanol–water partition coefficient (Wildman–Crippen LogP) is 3.98. The van der Waals surface area contributed by atoms with Gasteiger partial charge >= 0.3 is 0 Å². The average Bonchev–Trinajstić information content (AvgIpc) is 2.84. The summed E-state index contributed by atoms with van der Waals surface area (Å²) < 4.78 is 17.8. The highest BCUT2D eigenvalue weighted by molar-refractivity contribution is 7.85. The monoisotopic (exact) mass is 306 g/mol. The highest BCUT2D eigenvalue weighted by atomic mass is 35.5. The van der Waals surface area contributed by atoms with Gasteiger partial charge in [0.25, 0.3) is 0 Å². The van der Waals surface area contributed by atoms with Gasteiger partial charge in [-0.15, -0.1) is 0 Å². The Balaban J connectivity index is 2.02. The fraction of sp³-hybridized carbons (Fsp3) is 0.538. The molecule has 5 heteroatoms. The molecule has 1 aliphatic heterocycles. The molecule has 1 aliphatic rings. The number of halogens is 2. The van der Waals surface area contributed by atoms with Gasteiger partial charge in [0.2, 0.25) is 0 Å². The Hall–Kier alpha value is -0.0900. The zero-order chi connectivity index (χ0) is 13.1. The lowest BCUT2D eigenvalue weighted by molar-refractivity contribution is 0.128. The Morgan fingerprint density at radius 1 is 1.44 bits per heavy atom. The van der Waals surface area contributed by atoms with Crippen molar-refractivity contribution in [3.05, 3.63) is 33.8 Å². The van der Waals surface area contributed by atoms with E-state index >= 15 is 0 Å². The van der Waals surface area contributed by atoms with E-state index in [2.05, 4.69) is 0 Å². The summed E-state index contributed by atoms with van der Waals surface area (Å²) >= 11 is 11.9. The molecule has 0 unspecified atom stereocenters. The maximum absolute atomic E-state index is 12.3. The van der Waals surface area contributed by atoms with Crippen LogP contribution in [-0.4, -0.2) is 22.7 Å². The van der Waals surface area contributed by atoms with Gasteiger partial charge in [-0.1, -0.05) is 29.3 Å². The molecule has 2 rings (SSSR count). The molecule has 0 amide bonds. The fourth-order valence-electron chi connectivity index (χ4n) is 2.02. The number of hydrogen-bond acceptors (Lipinski definition) is 2. The third-order valence-corrected chi connectivity index (χ3v) is 5.68. The van der Waals surface area contributed by atoms with E-state index in [1.54, 1.807) is 12.1 Å². The highest BCUT2D eigenvalue weighted by Crippen LogP contribution is 2.28. The van der Waals surface area contributed by atoms with E-state index in [1.807, 2.05) is 13.0 Å². The van der Waals surface area contributed by atoms with Crippen LogP contribution in [0.4, 0.5) is 0 Å². The molecule has 18 heavy (non-hydrogen) atoms. The third-order valence-electron chi connectivity index (χ3n) is 3.18. The van der Waals surface area contributed by atoms with Crippen LogP contribution in [0, 0.1) is 0 Å². The van der Waals surface area contributed by atoms with Crippen LogP contribution < -0.4 is 0 Å². The van der Waals surface area contributed by atoms with Crippen molar-refractivity contribution in [3.8, 4) is 0 Å². The first-order valence-corrected chi connectivity index (χ1v) is 8.15. The first kappa shape index (κ1) is 14.3. The van der Waals surface area contributed by atoms with Gasteiger partial charge in [-0.25, -0.2) is 0 Å². The Morgan fingerprint density at radius 3 is 2.83 bits per heavy atom. The Kier molecular flexibility index (Phi) is 5.07. The smallest absolute Gasteiger partial charge is 0.0691 e. The summed E-state index contributed by atoms with van der Waals surface area (Å²) in [7, 11) is -0.947. The predicted molar refractivity (Wildman–Crippen MR) is 76.9 cm³/mol. The van der Waals surface area contributed by atoms with E-state index in [0.29, 0.717) is 15.8 Å². The van der Waals surface area contributed by atoms with Crippen molar-refractivity contribution in [3.63, 3.8) is 0 Å². The molecule has 1 saturated heterocycles. The lowest BCUT2D eigenvalue weighted by Crippen LogP contribution is -2.18. The second-order valence-electron chi connectivity index (χ2n) is 4.50. The van der Waals surface area contributed by atoms with Crippen LogP contribution >= 0.6 is 23.2 Å². The summed E-state index contributed by atoms with van der Waals surface area (Å²) in [6.07, 6.45) is 2.24. The number of benzene rings is 1. The molecule has 100 valence electrons. The van der Waals surface area contributed by atoms with E-state index in [-0.39, 0.29) is 11.4 Å². The standard InChI is InChI=1S/C13H16Cl2O2S/c1-9(10-4-5-12(14)13(15)7-10)18(16)8-11-3-2-6-17-11/h4-5,7,9,11H,2-3,6,8H2,1H3/t9-,11+,18+/m1/s1. The molecule has 0 radical (unpaired) electrons. The average molecular weight is 307 g/mol. The molecule has 0 bridgehead atoms. The van der Waals surface area contributed by atoms with Crippen LogP contribution in [0.3, 0.4) is 0 Å². The van der Waals surface area contributed by atoms with Crippen molar-refractivity contribution >= 4 is 34.0 Å². The fourth-order valence-corrected chi connectivity index (χ4v) is 3.70. The van der Waals surface area contributed by atoms with Crippen molar-refractivity contribution in [1.82, 2.24) is 0 Å². The Labute approximate surface area is 120 Å². The summed E-state index contributed by atoms with van der Waals surface area (Å²) in [5.41, 5.74) is 0.959. The maximum atomic E-state index is 12.3. The molecule has 2 nitrogen and oxygen atoms in total. The van der Waals surface area contributed by atoms with Gasteiger partial charge in [0, 0.05) is 17.4 Å². The molecule has 0 aliphatic carbocycles. The molecule has 1 fully saturated rings. The topological polar surface area (TPSA) is 26.3 Å². The van der Waals surface area contributed by atoms with Gasteiger partial charge in [-0.3, -0.25) is 4.21 Å². The van der Waals surface area contributed by atoms with E-state index < -0.39 is 10.8 Å². The van der Waals surface area contributed by atoms with Crippen LogP contribution in [0.1, 0.15) is 30.6 Å². The molecule has 1 heterocycles. The van der Waals surface area contributed by atoms with Crippen LogP contribution in [0.2, 0.25) is 10.0 Å². The quantitative estimate of drug-likeness (QED) is 0.841. The molecular formula is C13H16Cl2O2S. The van der Waals surface area contributed by atoms with Gasteiger partial charge in [-0.05, 0) is 37.5 Å². The SMILES string of the molecule is C[C@H](c1ccc(Cl)c(Cl)c1)[S@@](=O)C[C@@H]1CCCO1. The van der Waals surface area contributed by atoms with Gasteiger partial charge < -0.3 is 4.74 Å². The largest absolute Gasteiger partial charge is 0.377 e. The van der Waals surface area contributed by atoms with Gasteiger partial charge in [0.05, 0.1) is 27.2 Å². The zero-order valence-corrected chi connectivity index (χ0v) is 12.5. The summed E-state index contributed by atoms with van der Waals surface area (Å²) in [5.74, 6) is 0.599. The van der Waals surface area contributed by atoms with Gasteiger partial charge in [0.1, 0.15) is 0 Å². The molecule has 3 atom stereocenters. The minimum Gasteiger partial charge on any atom is -0.377 e. The van der Waals surface area contributed by atoms with E-state index in [0.717, 1.165) is 25.0 Å². The van der Waals surface area contributed by atoms with E-state index in [4.69, 9.17) is 27.9 Å². The molecule has 0 aromatic heterocycles. The summed E-state index contributed by atoms with van der Waals surface area (Å²) in [4.78, 5) is 0. The molecule has 1 aromatic carbocycles. The molecule has 0 N–H and O–H groups in total. The van der Waals surface area contributed by atoms with Crippen molar-refractivity contribution in [1.29, 1.82) is 0 Å². The summed E-state index contributed by atoms with van der Waals surface area (Å²) in [6, 6.07) is 5.42. The second-order valence-corrected chi connectivity index (χ2v) is 7.11. The summed E-state index contributed by atoms with van der Waals surface area (Å²) in [6.45, 7) is 2.74. The second kappa shape index (κ2) is 6.38. The van der Waals surface area contributed by atoms with Crippen LogP contribution in [0.25, 0.3) is 0 Å². The van der Waals surface area contributed by atoms with Crippen LogP contribution in [-0.2, 0) is 15.5 Å². The highest BCUT2D eigenvalue weighted by Gasteiger charge is 2.22. The molecule has 0 saturated carbocycles. The first-order chi connectivity index (χ1) is 8.58. The minimum absolute atomic E-state index is 0.0519. The molecular weight excluding hydrogens is 291 g/mol. The first-order valence-electron chi connectivity index (χ1n) is 6.01. The van der Waals surface area contributed by atoms with Crippen LogP contribution in [0.15, 0.2) is 18.2 Å². The lowest BCUT2D eigenvalue weighted by Gasteiger charge is -2.15. The van der Waals surface area contributed by atoms with Crippen molar-refractivity contribution in [2.45, 2.75) is 31.1 Å². The lowest BCUT2D eigenvalue weighted by atomic mass is 10.2. The molecule has 1 aromatic rings. The zero-order valence-electron chi connectivity index (χ0n) is 10.2. The maximum Gasteiger partial charge on any atom is 0.0691 e. The van der Waals surface area contributed by atoms with Gasteiger partial charge in [0.15, 0.2) is 0 Å². The Morgan fingerprint density at radius 2 is 2.22 bits per heavy atom. The molecule has 0 spiro atoms. The van der Waals surface area contributed by atoms with Crippen molar-refractivity contribution < 1.29 is 8.95 Å². The van der Waals surface area contributed by atoms with E-state index in [1.165, 1.54) is 0 Å². The number of rotatable bonds is 4. The minimum atomic E-state index is -0.947. The summed E-state index contributed by atoms with van der Waals surface area (Å²) in [5, 5.41) is 0.983. The van der Waals surface area contributed by atoms with Gasteiger partial charge in [-0.2, -0.15) is 0 Å². The van der Waals surface area contributed by atoms with E-state index in [9.17, 15) is 4.21 Å². The van der Waals surface area contributed by atoms with Crippen molar-refractivity contribution in [2.24, 2.45) is 0 Å².